The maximum atomic E-state index is 12.9. The van der Waals surface area contributed by atoms with Crippen molar-refractivity contribution in [2.75, 3.05) is 18.0 Å². The first kappa shape index (κ1) is 18.8. The van der Waals surface area contributed by atoms with Crippen molar-refractivity contribution in [1.29, 1.82) is 0 Å². The fourth-order valence-electron chi connectivity index (χ4n) is 3.27. The third kappa shape index (κ3) is 4.00. The number of anilines is 1. The van der Waals surface area contributed by atoms with Gasteiger partial charge in [0.1, 0.15) is 0 Å². The molecule has 3 aromatic rings. The summed E-state index contributed by atoms with van der Waals surface area (Å²) in [7, 11) is -3.53. The van der Waals surface area contributed by atoms with Crippen LogP contribution in [0.3, 0.4) is 0 Å². The average molecular weight is 413 g/mol. The van der Waals surface area contributed by atoms with Crippen LogP contribution in [-0.2, 0) is 15.6 Å². The Balaban J connectivity index is 1.57. The Hall–Kier alpha value is -2.51. The zero-order valence-corrected chi connectivity index (χ0v) is 16.9. The molecule has 0 saturated carbocycles. The van der Waals surface area contributed by atoms with Crippen LogP contribution >= 0.6 is 11.3 Å². The molecule has 0 atom stereocenters. The average Bonchev–Trinajstić information content (AvgIpc) is 3.40. The third-order valence-electron chi connectivity index (χ3n) is 4.75. The number of carbonyl (C=O) groups excluding carboxylic acids is 1. The number of hydrogen-bond donors (Lipinski definition) is 0. The molecule has 7 heteroatoms. The van der Waals surface area contributed by atoms with Gasteiger partial charge < -0.3 is 4.90 Å². The first-order valence-electron chi connectivity index (χ1n) is 9.15. The number of thiazole rings is 1. The molecule has 0 radical (unpaired) electrons. The molecule has 2 heterocycles. The highest BCUT2D eigenvalue weighted by atomic mass is 32.2. The van der Waals surface area contributed by atoms with Gasteiger partial charge >= 0.3 is 0 Å². The molecule has 4 rings (SSSR count). The molecule has 0 N–H and O–H groups in total. The van der Waals surface area contributed by atoms with Crippen LogP contribution in [0, 0.1) is 0 Å². The van der Waals surface area contributed by atoms with Crippen molar-refractivity contribution in [1.82, 2.24) is 4.98 Å². The van der Waals surface area contributed by atoms with E-state index in [1.807, 2.05) is 18.2 Å². The lowest BCUT2D eigenvalue weighted by Gasteiger charge is -2.12. The van der Waals surface area contributed by atoms with E-state index in [0.717, 1.165) is 36.6 Å². The monoisotopic (exact) mass is 412 g/mol. The van der Waals surface area contributed by atoms with Gasteiger partial charge in [0, 0.05) is 18.7 Å². The molecular weight excluding hydrogens is 392 g/mol. The lowest BCUT2D eigenvalue weighted by Crippen LogP contribution is -2.16. The number of ketones is 1. The Morgan fingerprint density at radius 1 is 1.04 bits per heavy atom. The number of nitrogens with zero attached hydrogens (tertiary/aromatic N) is 2. The minimum atomic E-state index is -3.53. The van der Waals surface area contributed by atoms with Crippen LogP contribution in [0.25, 0.3) is 0 Å². The second-order valence-electron chi connectivity index (χ2n) is 6.80. The molecule has 0 aliphatic carbocycles. The predicted molar refractivity (Wildman–Crippen MR) is 111 cm³/mol. The summed E-state index contributed by atoms with van der Waals surface area (Å²) in [6.45, 7) is 1.93. The fourth-order valence-corrected chi connectivity index (χ4v) is 5.59. The van der Waals surface area contributed by atoms with Crippen LogP contribution < -0.4 is 4.90 Å². The van der Waals surface area contributed by atoms with Crippen molar-refractivity contribution >= 4 is 32.1 Å². The topological polar surface area (TPSA) is 67.3 Å². The summed E-state index contributed by atoms with van der Waals surface area (Å²) in [5.74, 6) is -0.287. The molecule has 1 saturated heterocycles. The van der Waals surface area contributed by atoms with Gasteiger partial charge in [-0.25, -0.2) is 13.4 Å². The van der Waals surface area contributed by atoms with Crippen molar-refractivity contribution in [3.8, 4) is 0 Å². The van der Waals surface area contributed by atoms with Gasteiger partial charge in [-0.2, -0.15) is 0 Å². The minimum absolute atomic E-state index is 0.0921. The van der Waals surface area contributed by atoms with E-state index in [2.05, 4.69) is 9.88 Å². The molecule has 5 nitrogen and oxygen atoms in total. The molecule has 0 unspecified atom stereocenters. The molecule has 0 bridgehead atoms. The van der Waals surface area contributed by atoms with E-state index in [-0.39, 0.29) is 16.4 Å². The number of aromatic nitrogens is 1. The SMILES string of the molecule is O=C(c1cccc(S(=O)(=O)Cc2ccccc2)c1)c1cnc(N2CCCC2)s1. The Kier molecular flexibility index (Phi) is 5.28. The predicted octanol–water partition coefficient (Wildman–Crippen LogP) is 3.95. The van der Waals surface area contributed by atoms with Gasteiger partial charge in [0.25, 0.3) is 0 Å². The van der Waals surface area contributed by atoms with Crippen LogP contribution in [-0.4, -0.2) is 32.3 Å². The van der Waals surface area contributed by atoms with Gasteiger partial charge in [0.15, 0.2) is 15.0 Å². The number of benzene rings is 2. The van der Waals surface area contributed by atoms with Gasteiger partial charge in [-0.3, -0.25) is 4.79 Å². The Labute approximate surface area is 168 Å². The minimum Gasteiger partial charge on any atom is -0.348 e. The fraction of sp³-hybridized carbons (Fsp3) is 0.238. The lowest BCUT2D eigenvalue weighted by atomic mass is 10.1. The normalized spacial score (nSPS) is 14.4. The van der Waals surface area contributed by atoms with Gasteiger partial charge in [-0.15, -0.1) is 0 Å². The maximum Gasteiger partial charge on any atom is 0.204 e. The van der Waals surface area contributed by atoms with E-state index in [0.29, 0.717) is 10.4 Å². The molecule has 2 aromatic carbocycles. The summed E-state index contributed by atoms with van der Waals surface area (Å²) in [6, 6.07) is 15.3. The van der Waals surface area contributed by atoms with Gasteiger partial charge in [0.2, 0.25) is 5.78 Å². The summed E-state index contributed by atoms with van der Waals surface area (Å²) in [5.41, 5.74) is 1.09. The van der Waals surface area contributed by atoms with Crippen molar-refractivity contribution in [2.24, 2.45) is 0 Å². The number of carbonyl (C=O) groups is 1. The highest BCUT2D eigenvalue weighted by Gasteiger charge is 2.21. The molecule has 0 amide bonds. The quantitative estimate of drug-likeness (QED) is 0.574. The van der Waals surface area contributed by atoms with Crippen molar-refractivity contribution in [3.63, 3.8) is 0 Å². The second-order valence-corrected chi connectivity index (χ2v) is 9.80. The van der Waals surface area contributed by atoms with E-state index >= 15 is 0 Å². The summed E-state index contributed by atoms with van der Waals surface area (Å²) in [5, 5.41) is 0.855. The van der Waals surface area contributed by atoms with E-state index < -0.39 is 9.84 Å². The molecule has 144 valence electrons. The number of rotatable bonds is 6. The Morgan fingerprint density at radius 3 is 2.54 bits per heavy atom. The molecule has 1 fully saturated rings. The van der Waals surface area contributed by atoms with Crippen LogP contribution in [0.5, 0.6) is 0 Å². The van der Waals surface area contributed by atoms with Gasteiger partial charge in [-0.05, 0) is 30.5 Å². The molecule has 1 aromatic heterocycles. The maximum absolute atomic E-state index is 12.9. The van der Waals surface area contributed by atoms with E-state index in [1.54, 1.807) is 30.5 Å². The van der Waals surface area contributed by atoms with Gasteiger partial charge in [-0.1, -0.05) is 53.8 Å². The van der Waals surface area contributed by atoms with Crippen molar-refractivity contribution in [2.45, 2.75) is 23.5 Å². The zero-order chi connectivity index (χ0) is 19.6. The summed E-state index contributed by atoms with van der Waals surface area (Å²) >= 11 is 1.36. The summed E-state index contributed by atoms with van der Waals surface area (Å²) < 4.78 is 25.5. The molecule has 28 heavy (non-hydrogen) atoms. The lowest BCUT2D eigenvalue weighted by molar-refractivity contribution is 0.104. The van der Waals surface area contributed by atoms with Gasteiger partial charge in [0.05, 0.1) is 21.7 Å². The van der Waals surface area contributed by atoms with Crippen molar-refractivity contribution < 1.29 is 13.2 Å². The molecule has 1 aliphatic rings. The van der Waals surface area contributed by atoms with Crippen molar-refractivity contribution in [3.05, 3.63) is 76.8 Å². The highest BCUT2D eigenvalue weighted by Crippen LogP contribution is 2.28. The Bertz CT molecular complexity index is 1090. The molecule has 1 aliphatic heterocycles. The second kappa shape index (κ2) is 7.85. The molecule has 0 spiro atoms. The molecular formula is C21H20N2O3S2. The largest absolute Gasteiger partial charge is 0.348 e. The number of hydrogen-bond acceptors (Lipinski definition) is 6. The van der Waals surface area contributed by atoms with E-state index in [4.69, 9.17) is 0 Å². The standard InChI is InChI=1S/C21H20N2O3S2/c24-20(19-14-22-21(27-19)23-11-4-5-12-23)17-9-6-10-18(13-17)28(25,26)15-16-7-2-1-3-8-16/h1-3,6-10,13-14H,4-5,11-12,15H2. The van der Waals surface area contributed by atoms with E-state index in [1.165, 1.54) is 23.5 Å². The van der Waals surface area contributed by atoms with Crippen LogP contribution in [0.2, 0.25) is 0 Å². The van der Waals surface area contributed by atoms with Crippen LogP contribution in [0.1, 0.15) is 33.6 Å². The Morgan fingerprint density at radius 2 is 1.79 bits per heavy atom. The highest BCUT2D eigenvalue weighted by molar-refractivity contribution is 7.90. The smallest absolute Gasteiger partial charge is 0.204 e. The summed E-state index contributed by atoms with van der Waals surface area (Å²) in [4.78, 5) is 20.1. The van der Waals surface area contributed by atoms with E-state index in [9.17, 15) is 13.2 Å². The van der Waals surface area contributed by atoms with Crippen LogP contribution in [0.4, 0.5) is 5.13 Å². The first-order chi connectivity index (χ1) is 13.5. The number of sulfone groups is 1. The first-order valence-corrected chi connectivity index (χ1v) is 11.6. The third-order valence-corrected chi connectivity index (χ3v) is 7.49. The summed E-state index contributed by atoms with van der Waals surface area (Å²) in [6.07, 6.45) is 3.88. The van der Waals surface area contributed by atoms with Crippen LogP contribution in [0.15, 0.2) is 65.7 Å². The zero-order valence-electron chi connectivity index (χ0n) is 15.2.